The molecular formula is C9H9N5O. The molecule has 0 aliphatic heterocycles. The van der Waals surface area contributed by atoms with Crippen LogP contribution in [0.25, 0.3) is 0 Å². The third-order valence-corrected chi connectivity index (χ3v) is 1.96. The van der Waals surface area contributed by atoms with Crippen LogP contribution in [0.4, 0.5) is 0 Å². The second-order valence-electron chi connectivity index (χ2n) is 3.06. The van der Waals surface area contributed by atoms with Crippen molar-refractivity contribution in [3.8, 4) is 0 Å². The van der Waals surface area contributed by atoms with Crippen LogP contribution in [0.3, 0.4) is 0 Å². The summed E-state index contributed by atoms with van der Waals surface area (Å²) in [6.07, 6.45) is 2.97. The third kappa shape index (κ3) is 1.74. The van der Waals surface area contributed by atoms with Crippen molar-refractivity contribution in [1.29, 1.82) is 0 Å². The lowest BCUT2D eigenvalue weighted by molar-refractivity contribution is 0.102. The standard InChI is InChI=1S/C9H9N5O/c1-6-10-4-3-7(12-6)9(15)8-5-11-13-14(8)2/h3-5H,1-2H3. The molecule has 0 saturated heterocycles. The molecule has 0 atom stereocenters. The van der Waals surface area contributed by atoms with Crippen LogP contribution in [-0.4, -0.2) is 30.7 Å². The van der Waals surface area contributed by atoms with Gasteiger partial charge in [-0.1, -0.05) is 5.21 Å². The van der Waals surface area contributed by atoms with Crippen LogP contribution in [0.15, 0.2) is 18.5 Å². The molecule has 0 bridgehead atoms. The summed E-state index contributed by atoms with van der Waals surface area (Å²) in [4.78, 5) is 19.9. The number of carbonyl (C=O) groups excluding carboxylic acids is 1. The molecule has 76 valence electrons. The fourth-order valence-corrected chi connectivity index (χ4v) is 1.21. The monoisotopic (exact) mass is 203 g/mol. The highest BCUT2D eigenvalue weighted by Gasteiger charge is 2.14. The Labute approximate surface area is 86.0 Å². The minimum absolute atomic E-state index is 0.201. The Morgan fingerprint density at radius 2 is 2.27 bits per heavy atom. The van der Waals surface area contributed by atoms with Gasteiger partial charge < -0.3 is 0 Å². The molecule has 0 fully saturated rings. The zero-order valence-corrected chi connectivity index (χ0v) is 8.38. The summed E-state index contributed by atoms with van der Waals surface area (Å²) in [6, 6.07) is 1.57. The molecule has 15 heavy (non-hydrogen) atoms. The van der Waals surface area contributed by atoms with Crippen LogP contribution in [0.5, 0.6) is 0 Å². The SMILES string of the molecule is Cc1nccc(C(=O)c2cnnn2C)n1. The Kier molecular flexibility index (Phi) is 2.24. The molecule has 6 heteroatoms. The average molecular weight is 203 g/mol. The van der Waals surface area contributed by atoms with Crippen molar-refractivity contribution in [2.24, 2.45) is 7.05 Å². The van der Waals surface area contributed by atoms with Crippen molar-refractivity contribution in [2.45, 2.75) is 6.92 Å². The van der Waals surface area contributed by atoms with E-state index in [1.54, 1.807) is 26.2 Å². The molecule has 0 aromatic carbocycles. The lowest BCUT2D eigenvalue weighted by Gasteiger charge is -1.99. The van der Waals surface area contributed by atoms with E-state index in [-0.39, 0.29) is 5.78 Å². The molecule has 0 aliphatic rings. The number of ketones is 1. The first-order chi connectivity index (χ1) is 7.18. The lowest BCUT2D eigenvalue weighted by Crippen LogP contribution is -2.10. The molecule has 0 saturated carbocycles. The van der Waals surface area contributed by atoms with Gasteiger partial charge in [-0.2, -0.15) is 0 Å². The van der Waals surface area contributed by atoms with E-state index in [4.69, 9.17) is 0 Å². The Hall–Kier alpha value is -2.11. The van der Waals surface area contributed by atoms with E-state index in [1.807, 2.05) is 0 Å². The zero-order valence-electron chi connectivity index (χ0n) is 8.38. The number of rotatable bonds is 2. The maximum absolute atomic E-state index is 11.9. The van der Waals surface area contributed by atoms with Gasteiger partial charge in [0, 0.05) is 13.2 Å². The predicted octanol–water partition coefficient (Wildman–Crippen LogP) is 0.145. The second kappa shape index (κ2) is 3.56. The molecular weight excluding hydrogens is 194 g/mol. The molecule has 0 N–H and O–H groups in total. The third-order valence-electron chi connectivity index (χ3n) is 1.96. The minimum atomic E-state index is -0.201. The van der Waals surface area contributed by atoms with E-state index in [2.05, 4.69) is 20.3 Å². The number of aromatic nitrogens is 5. The van der Waals surface area contributed by atoms with Crippen molar-refractivity contribution < 1.29 is 4.79 Å². The molecule has 2 aromatic heterocycles. The van der Waals surface area contributed by atoms with E-state index in [0.29, 0.717) is 17.2 Å². The van der Waals surface area contributed by atoms with Crippen LogP contribution in [-0.2, 0) is 7.05 Å². The van der Waals surface area contributed by atoms with Gasteiger partial charge >= 0.3 is 0 Å². The number of hydrogen-bond donors (Lipinski definition) is 0. The first kappa shape index (κ1) is 9.45. The molecule has 2 heterocycles. The van der Waals surface area contributed by atoms with Gasteiger partial charge in [-0.05, 0) is 13.0 Å². The highest BCUT2D eigenvalue weighted by atomic mass is 16.1. The summed E-state index contributed by atoms with van der Waals surface area (Å²) in [6.45, 7) is 1.73. The number of hydrogen-bond acceptors (Lipinski definition) is 5. The van der Waals surface area contributed by atoms with Gasteiger partial charge in [-0.15, -0.1) is 5.10 Å². The molecule has 0 spiro atoms. The maximum Gasteiger partial charge on any atom is 0.231 e. The van der Waals surface area contributed by atoms with Gasteiger partial charge in [0.25, 0.3) is 0 Å². The average Bonchev–Trinajstić information content (AvgIpc) is 2.63. The first-order valence-corrected chi connectivity index (χ1v) is 4.37. The fraction of sp³-hybridized carbons (Fsp3) is 0.222. The summed E-state index contributed by atoms with van der Waals surface area (Å²) in [7, 11) is 1.66. The number of carbonyl (C=O) groups is 1. The van der Waals surface area contributed by atoms with Crippen molar-refractivity contribution in [3.63, 3.8) is 0 Å². The van der Waals surface area contributed by atoms with Crippen molar-refractivity contribution in [2.75, 3.05) is 0 Å². The quantitative estimate of drug-likeness (QED) is 0.649. The van der Waals surface area contributed by atoms with Crippen LogP contribution in [0.1, 0.15) is 22.0 Å². The summed E-state index contributed by atoms with van der Waals surface area (Å²) in [5.41, 5.74) is 0.765. The molecule has 2 aromatic rings. The summed E-state index contributed by atoms with van der Waals surface area (Å²) < 4.78 is 1.42. The minimum Gasteiger partial charge on any atom is -0.285 e. The number of aryl methyl sites for hydroxylation is 2. The maximum atomic E-state index is 11.9. The lowest BCUT2D eigenvalue weighted by atomic mass is 10.2. The summed E-state index contributed by atoms with van der Waals surface area (Å²) >= 11 is 0. The van der Waals surface area contributed by atoms with Crippen LogP contribution >= 0.6 is 0 Å². The van der Waals surface area contributed by atoms with E-state index in [0.717, 1.165) is 0 Å². The van der Waals surface area contributed by atoms with E-state index in [9.17, 15) is 4.79 Å². The Morgan fingerprint density at radius 3 is 2.87 bits per heavy atom. The van der Waals surface area contributed by atoms with E-state index in [1.165, 1.54) is 10.9 Å². The van der Waals surface area contributed by atoms with Crippen LogP contribution in [0, 0.1) is 6.92 Å². The Morgan fingerprint density at radius 1 is 1.47 bits per heavy atom. The number of nitrogens with zero attached hydrogens (tertiary/aromatic N) is 5. The van der Waals surface area contributed by atoms with Gasteiger partial charge in [-0.25, -0.2) is 14.6 Å². The van der Waals surface area contributed by atoms with Gasteiger partial charge in [-0.3, -0.25) is 4.79 Å². The van der Waals surface area contributed by atoms with Crippen molar-refractivity contribution in [3.05, 3.63) is 35.7 Å². The van der Waals surface area contributed by atoms with Crippen LogP contribution in [0.2, 0.25) is 0 Å². The van der Waals surface area contributed by atoms with E-state index >= 15 is 0 Å². The van der Waals surface area contributed by atoms with Gasteiger partial charge in [0.2, 0.25) is 5.78 Å². The summed E-state index contributed by atoms with van der Waals surface area (Å²) in [5.74, 6) is 0.365. The normalized spacial score (nSPS) is 10.3. The highest BCUT2D eigenvalue weighted by Crippen LogP contribution is 2.04. The first-order valence-electron chi connectivity index (χ1n) is 4.37. The largest absolute Gasteiger partial charge is 0.285 e. The van der Waals surface area contributed by atoms with Crippen molar-refractivity contribution in [1.82, 2.24) is 25.0 Å². The molecule has 0 amide bonds. The topological polar surface area (TPSA) is 73.6 Å². The smallest absolute Gasteiger partial charge is 0.231 e. The Bertz CT molecular complexity index is 505. The summed E-state index contributed by atoms with van der Waals surface area (Å²) in [5, 5.41) is 7.33. The second-order valence-corrected chi connectivity index (χ2v) is 3.06. The fourth-order valence-electron chi connectivity index (χ4n) is 1.21. The van der Waals surface area contributed by atoms with E-state index < -0.39 is 0 Å². The molecule has 0 unspecified atom stereocenters. The van der Waals surface area contributed by atoms with Crippen molar-refractivity contribution >= 4 is 5.78 Å². The molecule has 0 aliphatic carbocycles. The predicted molar refractivity (Wildman–Crippen MR) is 51.2 cm³/mol. The van der Waals surface area contributed by atoms with Gasteiger partial charge in [0.15, 0.2) is 0 Å². The Balaban J connectivity index is 2.41. The highest BCUT2D eigenvalue weighted by molar-refractivity contribution is 6.06. The molecule has 6 nitrogen and oxygen atoms in total. The van der Waals surface area contributed by atoms with Gasteiger partial charge in [0.1, 0.15) is 17.2 Å². The molecule has 0 radical (unpaired) electrons. The molecule has 2 rings (SSSR count). The zero-order chi connectivity index (χ0) is 10.8. The van der Waals surface area contributed by atoms with Crippen LogP contribution < -0.4 is 0 Å². The van der Waals surface area contributed by atoms with Gasteiger partial charge in [0.05, 0.1) is 6.20 Å².